The van der Waals surface area contributed by atoms with Crippen molar-refractivity contribution in [2.24, 2.45) is 0 Å². The zero-order valence-corrected chi connectivity index (χ0v) is 13.9. The lowest BCUT2D eigenvalue weighted by molar-refractivity contribution is 0.202. The monoisotopic (exact) mass is 322 g/mol. The van der Waals surface area contributed by atoms with Crippen molar-refractivity contribution in [3.8, 4) is 0 Å². The minimum atomic E-state index is 0.546. The van der Waals surface area contributed by atoms with Crippen LogP contribution in [0.2, 0.25) is 0 Å². The first-order valence-electron chi connectivity index (χ1n) is 8.48. The van der Waals surface area contributed by atoms with E-state index in [1.54, 1.807) is 0 Å². The van der Waals surface area contributed by atoms with Crippen molar-refractivity contribution >= 4 is 11.5 Å². The maximum absolute atomic E-state index is 4.43. The van der Waals surface area contributed by atoms with Crippen molar-refractivity contribution in [1.82, 2.24) is 24.5 Å². The molecule has 4 heterocycles. The smallest absolute Gasteiger partial charge is 0.155 e. The van der Waals surface area contributed by atoms with Crippen LogP contribution in [0.25, 0.3) is 5.65 Å². The van der Waals surface area contributed by atoms with E-state index in [0.717, 1.165) is 43.9 Å². The second-order valence-corrected chi connectivity index (χ2v) is 6.28. The topological polar surface area (TPSA) is 58.4 Å². The Morgan fingerprint density at radius 2 is 1.96 bits per heavy atom. The van der Waals surface area contributed by atoms with Gasteiger partial charge in [0.1, 0.15) is 5.82 Å². The number of piperidine rings is 1. The number of fused-ring (bicyclic) bond motifs is 1. The number of likely N-dealkylation sites (tertiary alicyclic amines) is 1. The Morgan fingerprint density at radius 1 is 1.08 bits per heavy atom. The molecule has 6 nitrogen and oxygen atoms in total. The summed E-state index contributed by atoms with van der Waals surface area (Å²) in [6, 6.07) is 8.23. The quantitative estimate of drug-likeness (QED) is 0.800. The largest absolute Gasteiger partial charge is 0.373 e. The number of nitrogens with zero attached hydrogens (tertiary/aromatic N) is 5. The third-order valence-electron chi connectivity index (χ3n) is 4.85. The van der Waals surface area contributed by atoms with Crippen LogP contribution < -0.4 is 5.32 Å². The Bertz CT molecular complexity index is 819. The number of pyridine rings is 1. The van der Waals surface area contributed by atoms with Gasteiger partial charge in [0, 0.05) is 49.2 Å². The highest BCUT2D eigenvalue weighted by Gasteiger charge is 2.23. The lowest BCUT2D eigenvalue weighted by Gasteiger charge is -2.32. The van der Waals surface area contributed by atoms with E-state index in [1.165, 1.54) is 11.3 Å². The average Bonchev–Trinajstić information content (AvgIpc) is 3.12. The Hall–Kier alpha value is -2.47. The van der Waals surface area contributed by atoms with Gasteiger partial charge < -0.3 is 5.32 Å². The summed E-state index contributed by atoms with van der Waals surface area (Å²) in [5.41, 5.74) is 3.47. The third-order valence-corrected chi connectivity index (χ3v) is 4.85. The number of anilines is 1. The molecule has 0 amide bonds. The Labute approximate surface area is 141 Å². The molecule has 124 valence electrons. The molecule has 6 heteroatoms. The first-order chi connectivity index (χ1) is 11.8. The Balaban J connectivity index is 1.44. The van der Waals surface area contributed by atoms with Crippen molar-refractivity contribution < 1.29 is 0 Å². The first kappa shape index (κ1) is 15.1. The molecule has 3 aromatic rings. The number of aromatic nitrogens is 4. The molecule has 0 unspecified atom stereocenters. The predicted molar refractivity (Wildman–Crippen MR) is 94.0 cm³/mol. The molecule has 1 N–H and O–H groups in total. The minimum Gasteiger partial charge on any atom is -0.373 e. The standard InChI is InChI=1S/C18H22N6/c1-19-18-15(3-2-8-21-18)13-23-11-6-14(7-12-23)16-4-9-20-17-5-10-22-24(16)17/h2-5,8-10,14H,6-7,11-13H2,1H3,(H,19,21). The molecule has 4 rings (SSSR count). The summed E-state index contributed by atoms with van der Waals surface area (Å²) in [5.74, 6) is 1.52. The molecule has 0 aliphatic carbocycles. The van der Waals surface area contributed by atoms with E-state index < -0.39 is 0 Å². The van der Waals surface area contributed by atoms with Gasteiger partial charge in [-0.2, -0.15) is 5.10 Å². The van der Waals surface area contributed by atoms with Crippen LogP contribution in [-0.4, -0.2) is 44.6 Å². The molecule has 0 saturated carbocycles. The molecule has 0 aromatic carbocycles. The number of hydrogen-bond acceptors (Lipinski definition) is 5. The SMILES string of the molecule is CNc1ncccc1CN1CCC(c2ccnc3ccnn23)CC1. The number of nitrogens with one attached hydrogen (secondary N) is 1. The van der Waals surface area contributed by atoms with Gasteiger partial charge in [0.25, 0.3) is 0 Å². The van der Waals surface area contributed by atoms with Crippen LogP contribution in [0.15, 0.2) is 42.9 Å². The molecule has 1 fully saturated rings. The lowest BCUT2D eigenvalue weighted by Crippen LogP contribution is -2.33. The molecule has 1 saturated heterocycles. The Kier molecular flexibility index (Phi) is 4.13. The van der Waals surface area contributed by atoms with Crippen LogP contribution in [0.5, 0.6) is 0 Å². The summed E-state index contributed by atoms with van der Waals surface area (Å²) in [6.07, 6.45) is 7.85. The zero-order chi connectivity index (χ0) is 16.4. The maximum Gasteiger partial charge on any atom is 0.155 e. The molecule has 0 radical (unpaired) electrons. The lowest BCUT2D eigenvalue weighted by atomic mass is 9.93. The van der Waals surface area contributed by atoms with E-state index >= 15 is 0 Å². The molecule has 1 aliphatic rings. The van der Waals surface area contributed by atoms with Crippen molar-refractivity contribution in [3.05, 3.63) is 54.1 Å². The molecule has 3 aromatic heterocycles. The summed E-state index contributed by atoms with van der Waals surface area (Å²) in [6.45, 7) is 3.13. The van der Waals surface area contributed by atoms with E-state index in [0.29, 0.717) is 5.92 Å². The van der Waals surface area contributed by atoms with Gasteiger partial charge in [-0.3, -0.25) is 4.90 Å². The molecule has 0 bridgehead atoms. The Morgan fingerprint density at radius 3 is 2.79 bits per heavy atom. The van der Waals surface area contributed by atoms with E-state index in [2.05, 4.69) is 37.4 Å². The van der Waals surface area contributed by atoms with Crippen LogP contribution in [0.4, 0.5) is 5.82 Å². The fourth-order valence-corrected chi connectivity index (χ4v) is 3.58. The van der Waals surface area contributed by atoms with Crippen LogP contribution in [0, 0.1) is 0 Å². The summed E-state index contributed by atoms with van der Waals surface area (Å²) in [7, 11) is 1.93. The zero-order valence-electron chi connectivity index (χ0n) is 13.9. The van der Waals surface area contributed by atoms with E-state index in [9.17, 15) is 0 Å². The van der Waals surface area contributed by atoms with Gasteiger partial charge in [0.15, 0.2) is 5.65 Å². The molecule has 1 aliphatic heterocycles. The number of hydrogen-bond donors (Lipinski definition) is 1. The van der Waals surface area contributed by atoms with E-state index in [1.807, 2.05) is 42.3 Å². The van der Waals surface area contributed by atoms with Gasteiger partial charge in [-0.1, -0.05) is 6.07 Å². The van der Waals surface area contributed by atoms with Crippen molar-refractivity contribution in [3.63, 3.8) is 0 Å². The van der Waals surface area contributed by atoms with Crippen LogP contribution in [0.3, 0.4) is 0 Å². The average molecular weight is 322 g/mol. The van der Waals surface area contributed by atoms with Crippen LogP contribution >= 0.6 is 0 Å². The van der Waals surface area contributed by atoms with Gasteiger partial charge in [-0.25, -0.2) is 14.5 Å². The molecule has 0 atom stereocenters. The van der Waals surface area contributed by atoms with Crippen LogP contribution in [-0.2, 0) is 6.54 Å². The van der Waals surface area contributed by atoms with Gasteiger partial charge in [-0.05, 0) is 38.1 Å². The van der Waals surface area contributed by atoms with Crippen molar-refractivity contribution in [1.29, 1.82) is 0 Å². The van der Waals surface area contributed by atoms with Gasteiger partial charge in [-0.15, -0.1) is 0 Å². The molecular weight excluding hydrogens is 300 g/mol. The van der Waals surface area contributed by atoms with Gasteiger partial charge in [0.2, 0.25) is 0 Å². The van der Waals surface area contributed by atoms with Crippen molar-refractivity contribution in [2.45, 2.75) is 25.3 Å². The van der Waals surface area contributed by atoms with Crippen molar-refractivity contribution in [2.75, 3.05) is 25.5 Å². The second kappa shape index (κ2) is 6.57. The van der Waals surface area contributed by atoms with E-state index in [-0.39, 0.29) is 0 Å². The van der Waals surface area contributed by atoms with Gasteiger partial charge in [0.05, 0.1) is 6.20 Å². The predicted octanol–water partition coefficient (Wildman–Crippen LogP) is 2.55. The fraction of sp³-hybridized carbons (Fsp3) is 0.389. The molecule has 24 heavy (non-hydrogen) atoms. The molecular formula is C18H22N6. The normalized spacial score (nSPS) is 16.5. The summed E-state index contributed by atoms with van der Waals surface area (Å²) in [5, 5.41) is 7.61. The summed E-state index contributed by atoms with van der Waals surface area (Å²) >= 11 is 0. The van der Waals surface area contributed by atoms with E-state index in [4.69, 9.17) is 0 Å². The van der Waals surface area contributed by atoms with Crippen LogP contribution in [0.1, 0.15) is 30.0 Å². The maximum atomic E-state index is 4.43. The fourth-order valence-electron chi connectivity index (χ4n) is 3.58. The second-order valence-electron chi connectivity index (χ2n) is 6.28. The van der Waals surface area contributed by atoms with Gasteiger partial charge >= 0.3 is 0 Å². The summed E-state index contributed by atoms with van der Waals surface area (Å²) in [4.78, 5) is 11.3. The minimum absolute atomic E-state index is 0.546. The number of rotatable bonds is 4. The highest BCUT2D eigenvalue weighted by molar-refractivity contribution is 5.43. The first-order valence-corrected chi connectivity index (χ1v) is 8.48. The molecule has 0 spiro atoms. The third kappa shape index (κ3) is 2.85. The highest BCUT2D eigenvalue weighted by Crippen LogP contribution is 2.29. The summed E-state index contributed by atoms with van der Waals surface area (Å²) < 4.78 is 1.99. The highest BCUT2D eigenvalue weighted by atomic mass is 15.3.